The lowest BCUT2D eigenvalue weighted by atomic mass is 9.90. The summed E-state index contributed by atoms with van der Waals surface area (Å²) in [7, 11) is 0. The summed E-state index contributed by atoms with van der Waals surface area (Å²) in [5.41, 5.74) is 2.82. The van der Waals surface area contributed by atoms with E-state index in [2.05, 4.69) is 10.5 Å². The molecule has 0 aliphatic heterocycles. The van der Waals surface area contributed by atoms with Crippen LogP contribution in [0.4, 0.5) is 0 Å². The number of rotatable bonds is 6. The van der Waals surface area contributed by atoms with E-state index in [-0.39, 0.29) is 11.8 Å². The fourth-order valence-corrected chi connectivity index (χ4v) is 2.74. The van der Waals surface area contributed by atoms with Gasteiger partial charge in [-0.3, -0.25) is 4.79 Å². The van der Waals surface area contributed by atoms with Crippen molar-refractivity contribution in [2.75, 3.05) is 6.54 Å². The fraction of sp³-hybridized carbons (Fsp3) is 0.200. The third-order valence-corrected chi connectivity index (χ3v) is 3.89. The first-order valence-electron chi connectivity index (χ1n) is 8.04. The van der Waals surface area contributed by atoms with Crippen LogP contribution in [-0.4, -0.2) is 17.6 Å². The minimum Gasteiger partial charge on any atom is -0.361 e. The summed E-state index contributed by atoms with van der Waals surface area (Å²) in [4.78, 5) is 12.8. The average molecular weight is 320 g/mol. The predicted octanol–water partition coefficient (Wildman–Crippen LogP) is 3.47. The normalized spacial score (nSPS) is 10.8. The molecule has 4 heteroatoms. The van der Waals surface area contributed by atoms with E-state index in [1.165, 1.54) is 0 Å². The van der Waals surface area contributed by atoms with Crippen molar-refractivity contribution >= 4 is 5.91 Å². The zero-order valence-electron chi connectivity index (χ0n) is 13.6. The second kappa shape index (κ2) is 7.59. The molecule has 1 heterocycles. The lowest BCUT2D eigenvalue weighted by molar-refractivity contribution is -0.121. The molecule has 3 rings (SSSR count). The SMILES string of the molecule is Cc1cc(CCNC(=O)C(c2ccccc2)c2ccccc2)no1. The third-order valence-electron chi connectivity index (χ3n) is 3.89. The van der Waals surface area contributed by atoms with Crippen LogP contribution >= 0.6 is 0 Å². The van der Waals surface area contributed by atoms with Gasteiger partial charge in [-0.15, -0.1) is 0 Å². The van der Waals surface area contributed by atoms with E-state index in [4.69, 9.17) is 4.52 Å². The molecule has 0 unspecified atom stereocenters. The second-order valence-corrected chi connectivity index (χ2v) is 5.72. The molecule has 1 N–H and O–H groups in total. The standard InChI is InChI=1S/C20H20N2O2/c1-15-14-18(22-24-15)12-13-21-20(23)19(16-8-4-2-5-9-16)17-10-6-3-7-11-17/h2-11,14,19H,12-13H2,1H3,(H,21,23). The maximum atomic E-state index is 12.8. The Morgan fingerprint density at radius 3 is 2.12 bits per heavy atom. The Bertz CT molecular complexity index is 742. The minimum absolute atomic E-state index is 0.00684. The summed E-state index contributed by atoms with van der Waals surface area (Å²) in [5, 5.41) is 6.96. The van der Waals surface area contributed by atoms with Crippen molar-refractivity contribution in [1.29, 1.82) is 0 Å². The Balaban J connectivity index is 1.72. The van der Waals surface area contributed by atoms with Crippen LogP contribution in [0.5, 0.6) is 0 Å². The molecule has 0 aliphatic carbocycles. The van der Waals surface area contributed by atoms with Gasteiger partial charge in [-0.25, -0.2) is 0 Å². The number of nitrogens with one attached hydrogen (secondary N) is 1. The van der Waals surface area contributed by atoms with E-state index in [0.29, 0.717) is 13.0 Å². The Hall–Kier alpha value is -2.88. The maximum Gasteiger partial charge on any atom is 0.232 e. The van der Waals surface area contributed by atoms with Crippen molar-refractivity contribution in [1.82, 2.24) is 10.5 Å². The molecule has 2 aromatic carbocycles. The highest BCUT2D eigenvalue weighted by Gasteiger charge is 2.22. The zero-order chi connectivity index (χ0) is 16.8. The average Bonchev–Trinajstić information content (AvgIpc) is 3.02. The van der Waals surface area contributed by atoms with Crippen molar-refractivity contribution in [2.24, 2.45) is 0 Å². The number of aryl methyl sites for hydroxylation is 1. The van der Waals surface area contributed by atoms with E-state index < -0.39 is 0 Å². The van der Waals surface area contributed by atoms with Gasteiger partial charge in [-0.2, -0.15) is 0 Å². The third kappa shape index (κ3) is 3.90. The van der Waals surface area contributed by atoms with Gasteiger partial charge in [0.2, 0.25) is 5.91 Å². The van der Waals surface area contributed by atoms with Gasteiger partial charge in [-0.1, -0.05) is 65.8 Å². The molecule has 4 nitrogen and oxygen atoms in total. The molecule has 122 valence electrons. The Kier molecular flexibility index (Phi) is 5.06. The van der Waals surface area contributed by atoms with Crippen LogP contribution < -0.4 is 5.32 Å². The monoisotopic (exact) mass is 320 g/mol. The van der Waals surface area contributed by atoms with E-state index >= 15 is 0 Å². The minimum atomic E-state index is -0.313. The van der Waals surface area contributed by atoms with Crippen LogP contribution in [-0.2, 0) is 11.2 Å². The molecule has 1 amide bonds. The molecule has 3 aromatic rings. The van der Waals surface area contributed by atoms with Gasteiger partial charge < -0.3 is 9.84 Å². The smallest absolute Gasteiger partial charge is 0.232 e. The molecule has 0 aliphatic rings. The number of carbonyl (C=O) groups is 1. The largest absolute Gasteiger partial charge is 0.361 e. The van der Waals surface area contributed by atoms with Crippen molar-refractivity contribution in [3.05, 3.63) is 89.3 Å². The lowest BCUT2D eigenvalue weighted by Crippen LogP contribution is -2.31. The fourth-order valence-electron chi connectivity index (χ4n) is 2.74. The Morgan fingerprint density at radius 2 is 1.62 bits per heavy atom. The highest BCUT2D eigenvalue weighted by Crippen LogP contribution is 2.24. The van der Waals surface area contributed by atoms with E-state index in [1.807, 2.05) is 73.7 Å². The van der Waals surface area contributed by atoms with Crippen molar-refractivity contribution in [3.63, 3.8) is 0 Å². The molecule has 0 saturated heterocycles. The molecule has 24 heavy (non-hydrogen) atoms. The molecule has 0 spiro atoms. The Labute approximate surface area is 141 Å². The van der Waals surface area contributed by atoms with Gasteiger partial charge in [0, 0.05) is 19.0 Å². The van der Waals surface area contributed by atoms with Crippen LogP contribution in [0.3, 0.4) is 0 Å². The van der Waals surface area contributed by atoms with Gasteiger partial charge in [0.25, 0.3) is 0 Å². The second-order valence-electron chi connectivity index (χ2n) is 5.72. The summed E-state index contributed by atoms with van der Waals surface area (Å²) >= 11 is 0. The quantitative estimate of drug-likeness (QED) is 0.756. The molecular weight excluding hydrogens is 300 g/mol. The summed E-state index contributed by atoms with van der Waals surface area (Å²) in [5.74, 6) is 0.460. The predicted molar refractivity (Wildman–Crippen MR) is 92.7 cm³/mol. The van der Waals surface area contributed by atoms with E-state index in [1.54, 1.807) is 0 Å². The van der Waals surface area contributed by atoms with E-state index in [9.17, 15) is 4.79 Å². The molecule has 1 aromatic heterocycles. The topological polar surface area (TPSA) is 55.1 Å². The maximum absolute atomic E-state index is 12.8. The summed E-state index contributed by atoms with van der Waals surface area (Å²) in [6.45, 7) is 2.39. The summed E-state index contributed by atoms with van der Waals surface area (Å²) in [6.07, 6.45) is 0.652. The number of hydrogen-bond acceptors (Lipinski definition) is 3. The summed E-state index contributed by atoms with van der Waals surface area (Å²) in [6, 6.07) is 21.6. The number of nitrogens with zero attached hydrogens (tertiary/aromatic N) is 1. The number of carbonyl (C=O) groups excluding carboxylic acids is 1. The van der Waals surface area contributed by atoms with Crippen LogP contribution in [0.1, 0.15) is 28.5 Å². The van der Waals surface area contributed by atoms with Crippen molar-refractivity contribution < 1.29 is 9.32 Å². The van der Waals surface area contributed by atoms with Gasteiger partial charge >= 0.3 is 0 Å². The van der Waals surface area contributed by atoms with Crippen LogP contribution in [0.2, 0.25) is 0 Å². The Morgan fingerprint density at radius 1 is 1.04 bits per heavy atom. The molecule has 0 atom stereocenters. The zero-order valence-corrected chi connectivity index (χ0v) is 13.6. The first-order valence-corrected chi connectivity index (χ1v) is 8.04. The highest BCUT2D eigenvalue weighted by molar-refractivity contribution is 5.87. The molecule has 0 saturated carbocycles. The van der Waals surface area contributed by atoms with Gasteiger partial charge in [0.05, 0.1) is 11.6 Å². The molecule has 0 radical (unpaired) electrons. The number of amides is 1. The molecular formula is C20H20N2O2. The first kappa shape index (κ1) is 16.0. The first-order chi connectivity index (χ1) is 11.7. The molecule has 0 bridgehead atoms. The summed E-state index contributed by atoms with van der Waals surface area (Å²) < 4.78 is 5.05. The van der Waals surface area contributed by atoms with Gasteiger partial charge in [0.1, 0.15) is 5.76 Å². The highest BCUT2D eigenvalue weighted by atomic mass is 16.5. The van der Waals surface area contributed by atoms with Crippen molar-refractivity contribution in [3.8, 4) is 0 Å². The number of hydrogen-bond donors (Lipinski definition) is 1. The number of benzene rings is 2. The molecule has 0 fully saturated rings. The van der Waals surface area contributed by atoms with Gasteiger partial charge in [-0.05, 0) is 18.1 Å². The van der Waals surface area contributed by atoms with Crippen molar-refractivity contribution in [2.45, 2.75) is 19.3 Å². The van der Waals surface area contributed by atoms with Crippen LogP contribution in [0.25, 0.3) is 0 Å². The van der Waals surface area contributed by atoms with Crippen LogP contribution in [0.15, 0.2) is 71.3 Å². The van der Waals surface area contributed by atoms with E-state index in [0.717, 1.165) is 22.6 Å². The van der Waals surface area contributed by atoms with Gasteiger partial charge in [0.15, 0.2) is 0 Å². The lowest BCUT2D eigenvalue weighted by Gasteiger charge is -2.17. The number of aromatic nitrogens is 1. The van der Waals surface area contributed by atoms with Crippen LogP contribution in [0, 0.1) is 6.92 Å².